The topological polar surface area (TPSA) is 27.7 Å². The van der Waals surface area contributed by atoms with Crippen LogP contribution in [0.1, 0.15) is 19.3 Å². The summed E-state index contributed by atoms with van der Waals surface area (Å²) in [4.78, 5) is 2.94. The Kier molecular flexibility index (Phi) is 6.73. The van der Waals surface area contributed by atoms with Crippen LogP contribution in [0.5, 0.6) is 11.5 Å². The average molecular weight is 447 g/mol. The predicted octanol–water partition coefficient (Wildman–Crippen LogP) is 6.59. The molecule has 3 aromatic carbocycles. The maximum Gasteiger partial charge on any atom is 0.573 e. The molecule has 0 N–H and O–H groups in total. The van der Waals surface area contributed by atoms with Gasteiger partial charge in [-0.3, -0.25) is 0 Å². The second-order valence-corrected chi connectivity index (χ2v) is 9.03. The van der Waals surface area contributed by atoms with Crippen LogP contribution >= 0.6 is 0 Å². The first kappa shape index (κ1) is 21.6. The first-order valence-electron chi connectivity index (χ1n) is 10.0. The summed E-state index contributed by atoms with van der Waals surface area (Å²) in [6.07, 6.45) is -2.96. The van der Waals surface area contributed by atoms with Crippen molar-refractivity contribution in [3.8, 4) is 11.5 Å². The Morgan fingerprint density at radius 3 is 1.97 bits per heavy atom. The molecular formula is C24H22F3O3S+. The number of benzene rings is 3. The van der Waals surface area contributed by atoms with E-state index < -0.39 is 23.5 Å². The standard InChI is InChI=1S/C24H22F3O3S/c25-24(26,27)30-21-15-14-20(17-22(21)29-23-13-7-8-16-28-23)31(18-9-3-1-4-10-18)19-11-5-2-6-12-19/h1-6,9-12,14-15,17,23H,7-8,13,16H2/q+1. The summed E-state index contributed by atoms with van der Waals surface area (Å²) in [5, 5.41) is 0. The summed E-state index contributed by atoms with van der Waals surface area (Å²) in [7, 11) is -0.520. The Balaban J connectivity index is 1.75. The SMILES string of the molecule is FC(F)(F)Oc1ccc([S+](c2ccccc2)c2ccccc2)cc1OC1CCCCO1. The van der Waals surface area contributed by atoms with Gasteiger partial charge in [0, 0.05) is 12.5 Å². The highest BCUT2D eigenvalue weighted by atomic mass is 32.2. The molecule has 3 nitrogen and oxygen atoms in total. The van der Waals surface area contributed by atoms with Gasteiger partial charge in [-0.15, -0.1) is 13.2 Å². The van der Waals surface area contributed by atoms with Crippen molar-refractivity contribution in [2.45, 2.75) is 46.6 Å². The van der Waals surface area contributed by atoms with E-state index in [1.165, 1.54) is 6.07 Å². The molecule has 1 aliphatic rings. The largest absolute Gasteiger partial charge is 0.573 e. The van der Waals surface area contributed by atoms with Crippen LogP contribution in [0.2, 0.25) is 0 Å². The van der Waals surface area contributed by atoms with Crippen molar-refractivity contribution in [2.24, 2.45) is 0 Å². The maximum atomic E-state index is 13.0. The summed E-state index contributed by atoms with van der Waals surface area (Å²) in [6, 6.07) is 24.4. The molecular weight excluding hydrogens is 425 g/mol. The molecule has 0 aliphatic carbocycles. The van der Waals surface area contributed by atoms with Gasteiger partial charge in [-0.05, 0) is 49.2 Å². The quantitative estimate of drug-likeness (QED) is 0.399. The number of hydrogen-bond donors (Lipinski definition) is 0. The molecule has 1 atom stereocenters. The molecule has 0 amide bonds. The van der Waals surface area contributed by atoms with E-state index in [4.69, 9.17) is 9.47 Å². The molecule has 0 radical (unpaired) electrons. The molecule has 0 saturated carbocycles. The molecule has 1 unspecified atom stereocenters. The van der Waals surface area contributed by atoms with Crippen molar-refractivity contribution in [1.29, 1.82) is 0 Å². The van der Waals surface area contributed by atoms with Crippen molar-refractivity contribution in [1.82, 2.24) is 0 Å². The molecule has 1 saturated heterocycles. The fourth-order valence-electron chi connectivity index (χ4n) is 3.38. The van der Waals surface area contributed by atoms with E-state index in [1.54, 1.807) is 12.1 Å². The van der Waals surface area contributed by atoms with Gasteiger partial charge >= 0.3 is 6.36 Å². The molecule has 162 valence electrons. The zero-order valence-electron chi connectivity index (χ0n) is 16.7. The molecule has 0 bridgehead atoms. The van der Waals surface area contributed by atoms with Crippen LogP contribution in [-0.4, -0.2) is 19.3 Å². The fourth-order valence-corrected chi connectivity index (χ4v) is 5.49. The molecule has 1 fully saturated rings. The molecule has 31 heavy (non-hydrogen) atoms. The van der Waals surface area contributed by atoms with Crippen molar-refractivity contribution in [2.75, 3.05) is 6.61 Å². The molecule has 0 aromatic heterocycles. The minimum atomic E-state index is -4.81. The highest BCUT2D eigenvalue weighted by Gasteiger charge is 2.35. The molecule has 1 heterocycles. The van der Waals surface area contributed by atoms with Gasteiger partial charge in [0.25, 0.3) is 0 Å². The van der Waals surface area contributed by atoms with Gasteiger partial charge in [-0.1, -0.05) is 36.4 Å². The van der Waals surface area contributed by atoms with Gasteiger partial charge < -0.3 is 14.2 Å². The minimum absolute atomic E-state index is 0.0334. The summed E-state index contributed by atoms with van der Waals surface area (Å²) in [6.45, 7) is 0.526. The number of hydrogen-bond acceptors (Lipinski definition) is 3. The van der Waals surface area contributed by atoms with Gasteiger partial charge in [0.1, 0.15) is 0 Å². The lowest BCUT2D eigenvalue weighted by molar-refractivity contribution is -0.275. The van der Waals surface area contributed by atoms with E-state index in [2.05, 4.69) is 4.74 Å². The van der Waals surface area contributed by atoms with Crippen LogP contribution < -0.4 is 9.47 Å². The number of ether oxygens (including phenoxy) is 3. The molecule has 4 rings (SSSR count). The third kappa shape index (κ3) is 5.74. The van der Waals surface area contributed by atoms with E-state index >= 15 is 0 Å². The summed E-state index contributed by atoms with van der Waals surface area (Å²) < 4.78 is 54.6. The van der Waals surface area contributed by atoms with E-state index in [-0.39, 0.29) is 11.5 Å². The van der Waals surface area contributed by atoms with Gasteiger partial charge in [-0.25, -0.2) is 0 Å². The highest BCUT2D eigenvalue weighted by molar-refractivity contribution is 7.97. The van der Waals surface area contributed by atoms with Crippen LogP contribution in [0.3, 0.4) is 0 Å². The second-order valence-electron chi connectivity index (χ2n) is 7.00. The van der Waals surface area contributed by atoms with Crippen molar-refractivity contribution >= 4 is 10.9 Å². The molecule has 1 aliphatic heterocycles. The third-order valence-electron chi connectivity index (χ3n) is 4.73. The molecule has 0 spiro atoms. The normalized spacial score (nSPS) is 16.8. The van der Waals surface area contributed by atoms with Crippen LogP contribution in [0.15, 0.2) is 93.5 Å². The molecule has 7 heteroatoms. The van der Waals surface area contributed by atoms with E-state index in [0.29, 0.717) is 13.0 Å². The Hall–Kier alpha value is -2.64. The highest BCUT2D eigenvalue weighted by Crippen LogP contribution is 2.39. The predicted molar refractivity (Wildman–Crippen MR) is 112 cm³/mol. The number of rotatable bonds is 6. The van der Waals surface area contributed by atoms with Crippen molar-refractivity contribution < 1.29 is 27.4 Å². The number of alkyl halides is 3. The Bertz CT molecular complexity index is 935. The summed E-state index contributed by atoms with van der Waals surface area (Å²) in [5.74, 6) is -0.332. The average Bonchev–Trinajstić information content (AvgIpc) is 2.77. The number of halogens is 3. The zero-order valence-corrected chi connectivity index (χ0v) is 17.5. The van der Waals surface area contributed by atoms with Gasteiger partial charge in [0.15, 0.2) is 32.5 Å². The first-order valence-corrected chi connectivity index (χ1v) is 11.2. The summed E-state index contributed by atoms with van der Waals surface area (Å²) in [5.41, 5.74) is 0. The van der Waals surface area contributed by atoms with Crippen molar-refractivity contribution in [3.05, 3.63) is 78.9 Å². The van der Waals surface area contributed by atoms with Crippen LogP contribution in [0.25, 0.3) is 0 Å². The first-order chi connectivity index (χ1) is 15.0. The smallest absolute Gasteiger partial charge is 0.461 e. The lowest BCUT2D eigenvalue weighted by atomic mass is 10.2. The maximum absolute atomic E-state index is 13.0. The van der Waals surface area contributed by atoms with Gasteiger partial charge in [-0.2, -0.15) is 0 Å². The lowest BCUT2D eigenvalue weighted by Crippen LogP contribution is -2.26. The molecule has 3 aromatic rings. The Morgan fingerprint density at radius 1 is 0.774 bits per heavy atom. The zero-order chi connectivity index (χ0) is 21.7. The monoisotopic (exact) mass is 447 g/mol. The van der Waals surface area contributed by atoms with Gasteiger partial charge in [0.05, 0.1) is 17.5 Å². The third-order valence-corrected chi connectivity index (χ3v) is 6.94. The van der Waals surface area contributed by atoms with Gasteiger partial charge in [0.2, 0.25) is 0 Å². The second kappa shape index (κ2) is 9.66. The lowest BCUT2D eigenvalue weighted by Gasteiger charge is -2.24. The minimum Gasteiger partial charge on any atom is -0.461 e. The van der Waals surface area contributed by atoms with Crippen LogP contribution in [-0.2, 0) is 15.6 Å². The summed E-state index contributed by atoms with van der Waals surface area (Å²) >= 11 is 0. The van der Waals surface area contributed by atoms with E-state index in [9.17, 15) is 13.2 Å². The van der Waals surface area contributed by atoms with E-state index in [1.807, 2.05) is 60.7 Å². The van der Waals surface area contributed by atoms with E-state index in [0.717, 1.165) is 27.5 Å². The van der Waals surface area contributed by atoms with Crippen molar-refractivity contribution in [3.63, 3.8) is 0 Å². The Morgan fingerprint density at radius 2 is 1.42 bits per heavy atom. The fraction of sp³-hybridized carbons (Fsp3) is 0.250. The Labute approximate surface area is 182 Å². The van der Waals surface area contributed by atoms with Crippen LogP contribution in [0, 0.1) is 0 Å². The van der Waals surface area contributed by atoms with Crippen LogP contribution in [0.4, 0.5) is 13.2 Å².